The van der Waals surface area contributed by atoms with Crippen molar-refractivity contribution < 1.29 is 0 Å². The smallest absolute Gasteiger partial charge is 0.0322 e. The van der Waals surface area contributed by atoms with Gasteiger partial charge >= 0.3 is 0 Å². The van der Waals surface area contributed by atoms with Crippen LogP contribution in [0.25, 0.3) is 0 Å². The topological polar surface area (TPSA) is 0 Å². The Morgan fingerprint density at radius 2 is 1.92 bits per heavy atom. The van der Waals surface area contributed by atoms with Crippen LogP contribution >= 0.6 is 0 Å². The van der Waals surface area contributed by atoms with Gasteiger partial charge in [-0.05, 0) is 25.2 Å². The van der Waals surface area contributed by atoms with Crippen molar-refractivity contribution in [3.05, 3.63) is 19.1 Å². The van der Waals surface area contributed by atoms with Crippen LogP contribution in [-0.4, -0.2) is 0 Å². The van der Waals surface area contributed by atoms with Gasteiger partial charge in [-0.3, -0.25) is 0 Å². The maximum atomic E-state index is 4.00. The van der Waals surface area contributed by atoms with Gasteiger partial charge in [-0.1, -0.05) is 51.2 Å². The predicted octanol–water partition coefficient (Wildman–Crippen LogP) is 4.13. The molecule has 0 aromatic rings. The molecule has 0 spiro atoms. The minimum atomic E-state index is 0.861. The third-order valence-electron chi connectivity index (χ3n) is 2.78. The molecule has 0 saturated carbocycles. The largest absolute Gasteiger partial charge is 0.0885 e. The van der Waals surface area contributed by atoms with Crippen molar-refractivity contribution in [1.29, 1.82) is 0 Å². The van der Waals surface area contributed by atoms with Gasteiger partial charge in [-0.25, -0.2) is 0 Å². The van der Waals surface area contributed by atoms with E-state index in [0.29, 0.717) is 0 Å². The first-order chi connectivity index (χ1) is 5.93. The van der Waals surface area contributed by atoms with E-state index in [1.54, 1.807) is 0 Å². The van der Waals surface area contributed by atoms with Crippen molar-refractivity contribution in [2.24, 2.45) is 5.92 Å². The van der Waals surface area contributed by atoms with Crippen molar-refractivity contribution >= 4 is 0 Å². The summed E-state index contributed by atoms with van der Waals surface area (Å²) in [5.41, 5.74) is 0. The van der Waals surface area contributed by atoms with E-state index in [4.69, 9.17) is 0 Å². The van der Waals surface area contributed by atoms with E-state index in [2.05, 4.69) is 19.1 Å². The fraction of sp³-hybridized carbons (Fsp3) is 0.750. The number of rotatable bonds is 1. The first kappa shape index (κ1) is 9.83. The molecule has 0 amide bonds. The first-order valence-corrected chi connectivity index (χ1v) is 5.37. The summed E-state index contributed by atoms with van der Waals surface area (Å²) in [4.78, 5) is 0. The second kappa shape index (κ2) is 6.28. The quantitative estimate of drug-likeness (QED) is 0.512. The molecule has 0 heterocycles. The van der Waals surface area contributed by atoms with E-state index in [9.17, 15) is 0 Å². The molecule has 0 heteroatoms. The highest BCUT2D eigenvalue weighted by Crippen LogP contribution is 2.19. The summed E-state index contributed by atoms with van der Waals surface area (Å²) in [5.74, 6) is 0.861. The molecule has 0 fully saturated rings. The van der Waals surface area contributed by atoms with E-state index in [1.807, 2.05) is 0 Å². The van der Waals surface area contributed by atoms with Crippen LogP contribution in [0, 0.1) is 12.8 Å². The SMILES string of the molecule is [CH2]CC1CC=CCCCCCC1. The van der Waals surface area contributed by atoms with Gasteiger partial charge in [-0.2, -0.15) is 0 Å². The van der Waals surface area contributed by atoms with Crippen molar-refractivity contribution in [2.45, 2.75) is 51.4 Å². The highest BCUT2D eigenvalue weighted by molar-refractivity contribution is 4.85. The molecule has 0 aromatic carbocycles. The highest BCUT2D eigenvalue weighted by Gasteiger charge is 2.04. The summed E-state index contributed by atoms with van der Waals surface area (Å²) in [6, 6.07) is 0. The lowest BCUT2D eigenvalue weighted by molar-refractivity contribution is 0.455. The Balaban J connectivity index is 2.29. The molecule has 1 unspecified atom stereocenters. The summed E-state index contributed by atoms with van der Waals surface area (Å²) in [5, 5.41) is 0. The summed E-state index contributed by atoms with van der Waals surface area (Å²) in [7, 11) is 0. The van der Waals surface area contributed by atoms with Crippen molar-refractivity contribution in [2.75, 3.05) is 0 Å². The molecule has 1 aliphatic rings. The zero-order valence-electron chi connectivity index (χ0n) is 8.10. The molecule has 0 aromatic heterocycles. The van der Waals surface area contributed by atoms with Crippen molar-refractivity contribution in [3.63, 3.8) is 0 Å². The molecule has 0 N–H and O–H groups in total. The molecule has 12 heavy (non-hydrogen) atoms. The predicted molar refractivity (Wildman–Crippen MR) is 54.9 cm³/mol. The zero-order valence-corrected chi connectivity index (χ0v) is 8.10. The highest BCUT2D eigenvalue weighted by atomic mass is 14.1. The lowest BCUT2D eigenvalue weighted by atomic mass is 9.93. The molecule has 1 aliphatic carbocycles. The van der Waals surface area contributed by atoms with Gasteiger partial charge in [0.2, 0.25) is 0 Å². The number of hydrogen-bond acceptors (Lipinski definition) is 0. The van der Waals surface area contributed by atoms with E-state index < -0.39 is 0 Å². The fourth-order valence-corrected chi connectivity index (χ4v) is 1.84. The van der Waals surface area contributed by atoms with Crippen LogP contribution in [0.1, 0.15) is 51.4 Å². The first-order valence-electron chi connectivity index (χ1n) is 5.37. The van der Waals surface area contributed by atoms with Gasteiger partial charge in [0.05, 0.1) is 0 Å². The second-order valence-corrected chi connectivity index (χ2v) is 3.85. The maximum absolute atomic E-state index is 4.00. The van der Waals surface area contributed by atoms with Crippen LogP contribution in [0.2, 0.25) is 0 Å². The van der Waals surface area contributed by atoms with Gasteiger partial charge in [0.25, 0.3) is 0 Å². The monoisotopic (exact) mass is 165 g/mol. The van der Waals surface area contributed by atoms with Crippen LogP contribution in [0.15, 0.2) is 12.2 Å². The van der Waals surface area contributed by atoms with Crippen molar-refractivity contribution in [1.82, 2.24) is 0 Å². The molecule has 0 nitrogen and oxygen atoms in total. The van der Waals surface area contributed by atoms with Crippen LogP contribution in [-0.2, 0) is 0 Å². The number of hydrogen-bond donors (Lipinski definition) is 0. The molecule has 1 radical (unpaired) electrons. The zero-order chi connectivity index (χ0) is 8.65. The average Bonchev–Trinajstić information content (AvgIpc) is 2.14. The average molecular weight is 165 g/mol. The molecule has 0 saturated heterocycles. The lowest BCUT2D eigenvalue weighted by Crippen LogP contribution is -1.98. The number of allylic oxidation sites excluding steroid dienone is 2. The van der Waals surface area contributed by atoms with Gasteiger partial charge in [-0.15, -0.1) is 0 Å². The second-order valence-electron chi connectivity index (χ2n) is 3.85. The van der Waals surface area contributed by atoms with Crippen LogP contribution in [0.3, 0.4) is 0 Å². The molecular weight excluding hydrogens is 144 g/mol. The third kappa shape index (κ3) is 3.94. The van der Waals surface area contributed by atoms with Gasteiger partial charge in [0, 0.05) is 0 Å². The van der Waals surface area contributed by atoms with Gasteiger partial charge < -0.3 is 0 Å². The Morgan fingerprint density at radius 3 is 2.75 bits per heavy atom. The summed E-state index contributed by atoms with van der Waals surface area (Å²) in [6.45, 7) is 4.00. The maximum Gasteiger partial charge on any atom is -0.0322 e. The normalized spacial score (nSPS) is 26.9. The molecular formula is C12H21. The minimum absolute atomic E-state index is 0.861. The van der Waals surface area contributed by atoms with Crippen LogP contribution < -0.4 is 0 Å². The minimum Gasteiger partial charge on any atom is -0.0885 e. The molecule has 0 bridgehead atoms. The van der Waals surface area contributed by atoms with Crippen LogP contribution in [0.5, 0.6) is 0 Å². The fourth-order valence-electron chi connectivity index (χ4n) is 1.84. The standard InChI is InChI=1S/C12H21/c1-2-12-10-8-6-4-3-5-7-9-11-12/h6,8,12H,1-5,7,9-11H2. The van der Waals surface area contributed by atoms with Gasteiger partial charge in [0.1, 0.15) is 0 Å². The van der Waals surface area contributed by atoms with E-state index in [0.717, 1.165) is 12.3 Å². The van der Waals surface area contributed by atoms with E-state index in [1.165, 1.54) is 44.9 Å². The van der Waals surface area contributed by atoms with E-state index in [-0.39, 0.29) is 0 Å². The van der Waals surface area contributed by atoms with Gasteiger partial charge in [0.15, 0.2) is 0 Å². The Bertz CT molecular complexity index is 124. The van der Waals surface area contributed by atoms with Crippen molar-refractivity contribution in [3.8, 4) is 0 Å². The molecule has 69 valence electrons. The summed E-state index contributed by atoms with van der Waals surface area (Å²) < 4.78 is 0. The third-order valence-corrected chi connectivity index (χ3v) is 2.78. The molecule has 1 atom stereocenters. The Labute approximate surface area is 77.1 Å². The molecule has 1 rings (SSSR count). The summed E-state index contributed by atoms with van der Waals surface area (Å²) >= 11 is 0. The Kier molecular flexibility index (Phi) is 5.14. The van der Waals surface area contributed by atoms with E-state index >= 15 is 0 Å². The lowest BCUT2D eigenvalue weighted by Gasteiger charge is -2.13. The Hall–Kier alpha value is -0.260. The van der Waals surface area contributed by atoms with Crippen LogP contribution in [0.4, 0.5) is 0 Å². The summed E-state index contributed by atoms with van der Waals surface area (Å²) in [6.07, 6.45) is 15.5. The molecule has 0 aliphatic heterocycles. The Morgan fingerprint density at radius 1 is 1.08 bits per heavy atom.